The highest BCUT2D eigenvalue weighted by atomic mass is 32.2. The van der Waals surface area contributed by atoms with Crippen molar-refractivity contribution in [1.82, 2.24) is 14.6 Å². The van der Waals surface area contributed by atoms with Crippen molar-refractivity contribution in [2.75, 3.05) is 21.2 Å². The molecule has 1 heterocycles. The molecule has 3 aromatic carbocycles. The Balaban J connectivity index is 1.62. The predicted octanol–water partition coefficient (Wildman–Crippen LogP) is 5.95. The van der Waals surface area contributed by atoms with Crippen molar-refractivity contribution >= 4 is 32.7 Å². The molecule has 0 bridgehead atoms. The second kappa shape index (κ2) is 13.2. The number of hydrogen-bond acceptors (Lipinski definition) is 5. The van der Waals surface area contributed by atoms with E-state index in [4.69, 9.17) is 4.74 Å². The first-order valence-corrected chi connectivity index (χ1v) is 15.6. The molecular formula is C33H39N3O5S. The number of ether oxygens (including phenoxy) is 1. The summed E-state index contributed by atoms with van der Waals surface area (Å²) in [5.41, 5.74) is 4.97. The molecule has 2 amide bonds. The van der Waals surface area contributed by atoms with Gasteiger partial charge in [-0.25, -0.2) is 13.1 Å². The van der Waals surface area contributed by atoms with Gasteiger partial charge < -0.3 is 14.6 Å². The van der Waals surface area contributed by atoms with Crippen LogP contribution in [-0.4, -0.2) is 51.3 Å². The van der Waals surface area contributed by atoms with Crippen molar-refractivity contribution in [3.05, 3.63) is 94.7 Å². The lowest BCUT2D eigenvalue weighted by Gasteiger charge is -2.20. The molecule has 0 spiro atoms. The minimum Gasteiger partial charge on any atom is -0.496 e. The van der Waals surface area contributed by atoms with E-state index in [-0.39, 0.29) is 22.3 Å². The van der Waals surface area contributed by atoms with Crippen LogP contribution in [0.25, 0.3) is 10.9 Å². The number of rotatable bonds is 12. The molecule has 0 aliphatic rings. The van der Waals surface area contributed by atoms with E-state index in [0.29, 0.717) is 17.7 Å². The normalized spacial score (nSPS) is 12.2. The van der Waals surface area contributed by atoms with Crippen molar-refractivity contribution in [3.8, 4) is 5.75 Å². The maximum absolute atomic E-state index is 13.1. The molecule has 1 atom stereocenters. The van der Waals surface area contributed by atoms with Gasteiger partial charge in [-0.1, -0.05) is 43.7 Å². The Morgan fingerprint density at radius 1 is 1.02 bits per heavy atom. The average molecular weight is 590 g/mol. The highest BCUT2D eigenvalue weighted by molar-refractivity contribution is 7.90. The van der Waals surface area contributed by atoms with Crippen LogP contribution in [0.1, 0.15) is 71.1 Å². The Hall–Kier alpha value is -4.11. The number of sulfonamides is 1. The summed E-state index contributed by atoms with van der Waals surface area (Å²) in [7, 11) is 1.06. The molecule has 0 aliphatic carbocycles. The fourth-order valence-corrected chi connectivity index (χ4v) is 6.52. The summed E-state index contributed by atoms with van der Waals surface area (Å²) in [6, 6.07) is 18.0. The monoisotopic (exact) mass is 589 g/mol. The van der Waals surface area contributed by atoms with Crippen LogP contribution >= 0.6 is 0 Å². The quantitative estimate of drug-likeness (QED) is 0.212. The Kier molecular flexibility index (Phi) is 9.73. The Morgan fingerprint density at radius 3 is 2.48 bits per heavy atom. The van der Waals surface area contributed by atoms with E-state index in [0.717, 1.165) is 47.7 Å². The topological polar surface area (TPSA) is 109 Å². The predicted molar refractivity (Wildman–Crippen MR) is 166 cm³/mol. The minimum atomic E-state index is -4.04. The molecule has 1 unspecified atom stereocenters. The molecule has 4 rings (SSSR count). The number of hydrogen-bond donors (Lipinski definition) is 2. The van der Waals surface area contributed by atoms with E-state index in [1.807, 2.05) is 12.3 Å². The number of carbonyl (C=O) groups excluding carboxylic acids is 2. The van der Waals surface area contributed by atoms with Crippen LogP contribution in [0.5, 0.6) is 5.75 Å². The molecule has 0 saturated heterocycles. The van der Waals surface area contributed by atoms with E-state index < -0.39 is 15.9 Å². The second-order valence-electron chi connectivity index (χ2n) is 10.8. The van der Waals surface area contributed by atoms with Gasteiger partial charge in [0.15, 0.2) is 0 Å². The van der Waals surface area contributed by atoms with Crippen LogP contribution in [0.15, 0.2) is 71.8 Å². The molecule has 2 N–H and O–H groups in total. The first-order valence-electron chi connectivity index (χ1n) is 14.2. The van der Waals surface area contributed by atoms with Crippen LogP contribution in [0.3, 0.4) is 0 Å². The van der Waals surface area contributed by atoms with Gasteiger partial charge in [0, 0.05) is 54.7 Å². The van der Waals surface area contributed by atoms with Gasteiger partial charge in [0.25, 0.3) is 15.9 Å². The summed E-state index contributed by atoms with van der Waals surface area (Å²) in [5.74, 6) is -0.0998. The lowest BCUT2D eigenvalue weighted by molar-refractivity contribution is -0.128. The lowest BCUT2D eigenvalue weighted by Crippen LogP contribution is -2.31. The van der Waals surface area contributed by atoms with Gasteiger partial charge in [0.2, 0.25) is 5.91 Å². The fourth-order valence-electron chi connectivity index (χ4n) is 5.30. The van der Waals surface area contributed by atoms with Crippen molar-refractivity contribution in [2.24, 2.45) is 0 Å². The van der Waals surface area contributed by atoms with Gasteiger partial charge in [-0.15, -0.1) is 0 Å². The molecule has 9 heteroatoms. The van der Waals surface area contributed by atoms with Gasteiger partial charge in [-0.2, -0.15) is 0 Å². The van der Waals surface area contributed by atoms with Gasteiger partial charge in [0.05, 0.1) is 12.0 Å². The molecule has 0 radical (unpaired) electrons. The van der Waals surface area contributed by atoms with Gasteiger partial charge >= 0.3 is 0 Å². The zero-order chi connectivity index (χ0) is 30.4. The largest absolute Gasteiger partial charge is 0.496 e. The van der Waals surface area contributed by atoms with Crippen LogP contribution < -0.4 is 9.46 Å². The van der Waals surface area contributed by atoms with E-state index in [2.05, 4.69) is 34.8 Å². The molecule has 4 aromatic rings. The highest BCUT2D eigenvalue weighted by Gasteiger charge is 2.24. The molecule has 0 aliphatic heterocycles. The van der Waals surface area contributed by atoms with Crippen molar-refractivity contribution in [1.29, 1.82) is 0 Å². The van der Waals surface area contributed by atoms with Crippen molar-refractivity contribution in [3.63, 3.8) is 0 Å². The number of fused-ring (bicyclic) bond motifs is 1. The molecule has 222 valence electrons. The first kappa shape index (κ1) is 30.8. The van der Waals surface area contributed by atoms with Crippen LogP contribution in [0.4, 0.5) is 0 Å². The summed E-state index contributed by atoms with van der Waals surface area (Å²) in [5, 5.41) is 1.11. The molecule has 0 saturated carbocycles. The van der Waals surface area contributed by atoms with Crippen molar-refractivity contribution < 1.29 is 22.7 Å². The number of H-pyrrole nitrogens is 1. The molecule has 1 aromatic heterocycles. The Bertz CT molecular complexity index is 1690. The third-order valence-corrected chi connectivity index (χ3v) is 9.06. The summed E-state index contributed by atoms with van der Waals surface area (Å²) in [6.07, 6.45) is 5.88. The lowest BCUT2D eigenvalue weighted by atomic mass is 9.86. The van der Waals surface area contributed by atoms with E-state index in [9.17, 15) is 18.0 Å². The standard InChI is InChI=1S/C33H39N3O5S/c1-6-10-25(28-21-34-29-18-15-23(19-27(28)29)12-9-14-32(37)36(3)4)26-17-16-24(20-30(26)41-5)33(38)35-42(39,40)31-13-8-7-11-22(31)2/h7-8,11,13,15-21,25,34H,6,9-10,12,14H2,1-5H3,(H,35,38). The first-order chi connectivity index (χ1) is 20.1. The number of aryl methyl sites for hydroxylation is 2. The fraction of sp³-hybridized carbons (Fsp3) is 0.333. The number of amides is 2. The third-order valence-electron chi connectivity index (χ3n) is 7.57. The van der Waals surface area contributed by atoms with Crippen LogP contribution in [-0.2, 0) is 21.2 Å². The maximum Gasteiger partial charge on any atom is 0.265 e. The Labute approximate surface area is 248 Å². The molecule has 42 heavy (non-hydrogen) atoms. The summed E-state index contributed by atoms with van der Waals surface area (Å²) in [4.78, 5) is 30.1. The maximum atomic E-state index is 13.1. The number of aromatic amines is 1. The minimum absolute atomic E-state index is 0.0166. The Morgan fingerprint density at radius 2 is 1.79 bits per heavy atom. The second-order valence-corrected chi connectivity index (χ2v) is 12.4. The van der Waals surface area contributed by atoms with Gasteiger partial charge in [-0.05, 0) is 73.2 Å². The van der Waals surface area contributed by atoms with Crippen LogP contribution in [0, 0.1) is 6.92 Å². The summed E-state index contributed by atoms with van der Waals surface area (Å²) < 4.78 is 33.7. The molecular weight excluding hydrogens is 550 g/mol. The van der Waals surface area contributed by atoms with E-state index in [1.165, 1.54) is 11.6 Å². The smallest absolute Gasteiger partial charge is 0.265 e. The molecule has 0 fully saturated rings. The van der Waals surface area contributed by atoms with Crippen LogP contribution in [0.2, 0.25) is 0 Å². The van der Waals surface area contributed by atoms with Crippen molar-refractivity contribution in [2.45, 2.75) is 56.8 Å². The average Bonchev–Trinajstić information content (AvgIpc) is 3.38. The zero-order valence-electron chi connectivity index (χ0n) is 24.9. The number of carbonyl (C=O) groups is 2. The zero-order valence-corrected chi connectivity index (χ0v) is 25.7. The summed E-state index contributed by atoms with van der Waals surface area (Å²) in [6.45, 7) is 3.81. The number of methoxy groups -OCH3 is 1. The third kappa shape index (κ3) is 6.85. The highest BCUT2D eigenvalue weighted by Crippen LogP contribution is 2.39. The summed E-state index contributed by atoms with van der Waals surface area (Å²) >= 11 is 0. The molecule has 8 nitrogen and oxygen atoms in total. The number of nitrogens with one attached hydrogen (secondary N) is 2. The number of benzene rings is 3. The number of nitrogens with zero attached hydrogens (tertiary/aromatic N) is 1. The number of aromatic nitrogens is 1. The van der Waals surface area contributed by atoms with E-state index >= 15 is 0 Å². The SMILES string of the molecule is CCCC(c1ccc(C(=O)NS(=O)(=O)c2ccccc2C)cc1OC)c1c[nH]c2ccc(CCCC(=O)N(C)C)cc12. The van der Waals surface area contributed by atoms with E-state index in [1.54, 1.807) is 63.4 Å². The van der Waals surface area contributed by atoms with Gasteiger partial charge in [0.1, 0.15) is 5.75 Å². The van der Waals surface area contributed by atoms with Gasteiger partial charge in [-0.3, -0.25) is 9.59 Å².